The van der Waals surface area contributed by atoms with Gasteiger partial charge in [0.25, 0.3) is 0 Å². The summed E-state index contributed by atoms with van der Waals surface area (Å²) in [4.78, 5) is 46.9. The number of aliphatic imine (C=N–C) groups is 1. The highest BCUT2D eigenvalue weighted by Gasteiger charge is 2.42. The topological polar surface area (TPSA) is 97.7 Å². The molecule has 1 amide bonds. The molecule has 41 heavy (non-hydrogen) atoms. The number of alkyl halides is 3. The van der Waals surface area contributed by atoms with Crippen LogP contribution < -0.4 is 0 Å². The lowest BCUT2D eigenvalue weighted by atomic mass is 9.93. The van der Waals surface area contributed by atoms with E-state index in [-0.39, 0.29) is 50.2 Å². The molecule has 0 radical (unpaired) electrons. The molecular formula is C28H32F3N3O6S. The molecule has 2 atom stereocenters. The number of likely N-dealkylation sites (tertiary alicyclic amines) is 1. The zero-order valence-electron chi connectivity index (χ0n) is 23.0. The number of ether oxygens (including phenoxy) is 3. The fourth-order valence-electron chi connectivity index (χ4n) is 5.02. The summed E-state index contributed by atoms with van der Waals surface area (Å²) < 4.78 is 55.4. The number of methoxy groups -OCH3 is 1. The van der Waals surface area contributed by atoms with Crippen molar-refractivity contribution >= 4 is 34.8 Å². The van der Waals surface area contributed by atoms with Gasteiger partial charge in [-0.2, -0.15) is 13.2 Å². The molecule has 0 saturated carbocycles. The highest BCUT2D eigenvalue weighted by atomic mass is 32.2. The Balaban J connectivity index is 1.62. The minimum Gasteiger partial charge on any atom is -0.466 e. The van der Waals surface area contributed by atoms with Crippen LogP contribution in [0.1, 0.15) is 50.3 Å². The Morgan fingerprint density at radius 2 is 1.85 bits per heavy atom. The third-order valence-corrected chi connectivity index (χ3v) is 7.91. The highest BCUT2D eigenvalue weighted by molar-refractivity contribution is 8.16. The SMILES string of the molecule is CCOC(=O)C1CCCN(C(=O)CC2=CSC3=NC(C)=C(C(=O)OCCOC)C(c4ccc(C(F)(F)F)cc4)N23)C1. The first kappa shape index (κ1) is 30.6. The Bertz CT molecular complexity index is 1260. The van der Waals surface area contributed by atoms with Gasteiger partial charge in [0, 0.05) is 25.9 Å². The van der Waals surface area contributed by atoms with Crippen LogP contribution in [0.2, 0.25) is 0 Å². The van der Waals surface area contributed by atoms with Crippen LogP contribution in [0.25, 0.3) is 0 Å². The van der Waals surface area contributed by atoms with Gasteiger partial charge in [0.05, 0.1) is 48.4 Å². The minimum atomic E-state index is -4.53. The summed E-state index contributed by atoms with van der Waals surface area (Å²) in [7, 11) is 1.47. The normalized spacial score (nSPS) is 20.8. The predicted octanol–water partition coefficient (Wildman–Crippen LogP) is 4.66. The van der Waals surface area contributed by atoms with Crippen LogP contribution in [0.15, 0.2) is 51.6 Å². The van der Waals surface area contributed by atoms with Gasteiger partial charge in [0.15, 0.2) is 5.17 Å². The molecule has 1 saturated heterocycles. The van der Waals surface area contributed by atoms with Gasteiger partial charge in [-0.05, 0) is 49.8 Å². The summed E-state index contributed by atoms with van der Waals surface area (Å²) in [6.07, 6.45) is -3.28. The number of hydrogen-bond donors (Lipinski definition) is 0. The van der Waals surface area contributed by atoms with Gasteiger partial charge in [-0.25, -0.2) is 9.79 Å². The molecule has 13 heteroatoms. The lowest BCUT2D eigenvalue weighted by Crippen LogP contribution is -2.44. The molecule has 3 heterocycles. The smallest absolute Gasteiger partial charge is 0.416 e. The van der Waals surface area contributed by atoms with E-state index in [0.29, 0.717) is 41.5 Å². The van der Waals surface area contributed by atoms with Crippen LogP contribution in [-0.4, -0.2) is 72.8 Å². The quantitative estimate of drug-likeness (QED) is 0.301. The summed E-state index contributed by atoms with van der Waals surface area (Å²) in [6.45, 7) is 4.52. The monoisotopic (exact) mass is 595 g/mol. The van der Waals surface area contributed by atoms with Crippen LogP contribution >= 0.6 is 11.8 Å². The number of amides is 1. The molecule has 1 aromatic carbocycles. The molecule has 0 spiro atoms. The van der Waals surface area contributed by atoms with Gasteiger partial charge >= 0.3 is 18.1 Å². The second kappa shape index (κ2) is 13.1. The van der Waals surface area contributed by atoms with Crippen LogP contribution in [0.4, 0.5) is 13.2 Å². The number of carbonyl (C=O) groups excluding carboxylic acids is 3. The number of thioether (sulfide) groups is 1. The number of carbonyl (C=O) groups is 3. The maximum Gasteiger partial charge on any atom is 0.416 e. The Labute approximate surface area is 240 Å². The maximum absolute atomic E-state index is 13.4. The van der Waals surface area contributed by atoms with Crippen molar-refractivity contribution in [2.75, 3.05) is 40.0 Å². The fourth-order valence-corrected chi connectivity index (χ4v) is 5.98. The average molecular weight is 596 g/mol. The van der Waals surface area contributed by atoms with Gasteiger partial charge in [-0.3, -0.25) is 9.59 Å². The van der Waals surface area contributed by atoms with Crippen molar-refractivity contribution < 1.29 is 41.8 Å². The van der Waals surface area contributed by atoms with Crippen LogP contribution in [0.3, 0.4) is 0 Å². The lowest BCUT2D eigenvalue weighted by Gasteiger charge is -2.37. The molecule has 1 fully saturated rings. The van der Waals surface area contributed by atoms with Gasteiger partial charge in [0.1, 0.15) is 6.61 Å². The summed E-state index contributed by atoms with van der Waals surface area (Å²) in [5.74, 6) is -1.62. The van der Waals surface area contributed by atoms with Crippen molar-refractivity contribution in [3.05, 3.63) is 57.8 Å². The number of halogens is 3. The third-order valence-electron chi connectivity index (χ3n) is 7.02. The van der Waals surface area contributed by atoms with Gasteiger partial charge in [0.2, 0.25) is 5.91 Å². The summed E-state index contributed by atoms with van der Waals surface area (Å²) >= 11 is 1.26. The number of nitrogens with zero attached hydrogens (tertiary/aromatic N) is 3. The van der Waals surface area contributed by atoms with E-state index in [4.69, 9.17) is 14.2 Å². The number of rotatable bonds is 9. The molecule has 0 aromatic heterocycles. The standard InChI is InChI=1S/C28H32F3N3O6S/c1-4-39-25(36)19-6-5-11-33(15-19)22(35)14-21-16-41-27-32-17(2)23(26(37)40-13-12-38-3)24(34(21)27)18-7-9-20(10-8-18)28(29,30)31/h7-10,16,19,24H,4-6,11-15H2,1-3H3. The van der Waals surface area contributed by atoms with Crippen molar-refractivity contribution in [2.24, 2.45) is 10.9 Å². The van der Waals surface area contributed by atoms with Crippen molar-refractivity contribution in [3.63, 3.8) is 0 Å². The van der Waals surface area contributed by atoms with Crippen LogP contribution in [-0.2, 0) is 34.8 Å². The second-order valence-corrected chi connectivity index (χ2v) is 10.6. The predicted molar refractivity (Wildman–Crippen MR) is 145 cm³/mol. The number of allylic oxidation sites excluding steroid dienone is 1. The summed E-state index contributed by atoms with van der Waals surface area (Å²) in [6, 6.07) is 3.70. The molecule has 3 aliphatic heterocycles. The lowest BCUT2D eigenvalue weighted by molar-refractivity contribution is -0.151. The summed E-state index contributed by atoms with van der Waals surface area (Å²) in [5, 5.41) is 2.25. The number of amidine groups is 1. The van der Waals surface area contributed by atoms with E-state index in [2.05, 4.69) is 4.99 Å². The number of piperidine rings is 1. The number of esters is 2. The fraction of sp³-hybridized carbons (Fsp3) is 0.500. The molecule has 0 bridgehead atoms. The van der Waals surface area contributed by atoms with E-state index >= 15 is 0 Å². The van der Waals surface area contributed by atoms with Crippen LogP contribution in [0, 0.1) is 5.92 Å². The molecule has 0 N–H and O–H groups in total. The van der Waals surface area contributed by atoms with E-state index in [0.717, 1.165) is 12.1 Å². The third kappa shape index (κ3) is 6.95. The van der Waals surface area contributed by atoms with Crippen molar-refractivity contribution in [1.82, 2.24) is 9.80 Å². The van der Waals surface area contributed by atoms with Gasteiger partial charge in [-0.15, -0.1) is 0 Å². The Morgan fingerprint density at radius 3 is 2.51 bits per heavy atom. The number of hydrogen-bond acceptors (Lipinski definition) is 9. The number of benzene rings is 1. The van der Waals surface area contributed by atoms with E-state index in [1.54, 1.807) is 29.1 Å². The second-order valence-electron chi connectivity index (χ2n) is 9.75. The Hall–Kier alpha value is -3.32. The molecule has 4 rings (SSSR count). The average Bonchev–Trinajstić information content (AvgIpc) is 3.33. The zero-order chi connectivity index (χ0) is 29.7. The first-order valence-corrected chi connectivity index (χ1v) is 14.1. The van der Waals surface area contributed by atoms with Gasteiger partial charge < -0.3 is 24.0 Å². The van der Waals surface area contributed by atoms with Crippen molar-refractivity contribution in [2.45, 2.75) is 45.3 Å². The van der Waals surface area contributed by atoms with E-state index in [1.165, 1.54) is 31.0 Å². The first-order chi connectivity index (χ1) is 19.5. The first-order valence-electron chi connectivity index (χ1n) is 13.3. The van der Waals surface area contributed by atoms with E-state index in [9.17, 15) is 27.6 Å². The Morgan fingerprint density at radius 1 is 1.12 bits per heavy atom. The summed E-state index contributed by atoms with van der Waals surface area (Å²) in [5.41, 5.74) is 0.649. The van der Waals surface area contributed by atoms with Crippen molar-refractivity contribution in [1.29, 1.82) is 0 Å². The molecule has 3 aliphatic rings. The zero-order valence-corrected chi connectivity index (χ0v) is 23.8. The molecule has 2 unspecified atom stereocenters. The van der Waals surface area contributed by atoms with Crippen LogP contribution in [0.5, 0.6) is 0 Å². The molecular weight excluding hydrogens is 563 g/mol. The Kier molecular flexibility index (Phi) is 9.80. The molecule has 1 aromatic rings. The van der Waals surface area contributed by atoms with Gasteiger partial charge in [-0.1, -0.05) is 23.9 Å². The number of fused-ring (bicyclic) bond motifs is 1. The molecule has 0 aliphatic carbocycles. The van der Waals surface area contributed by atoms with E-state index < -0.39 is 29.7 Å². The maximum atomic E-state index is 13.4. The van der Waals surface area contributed by atoms with E-state index in [1.807, 2.05) is 0 Å². The largest absolute Gasteiger partial charge is 0.466 e. The molecule has 222 valence electrons. The minimum absolute atomic E-state index is 0.0189. The highest BCUT2D eigenvalue weighted by Crippen LogP contribution is 2.45. The molecule has 9 nitrogen and oxygen atoms in total. The van der Waals surface area contributed by atoms with Crippen molar-refractivity contribution in [3.8, 4) is 0 Å².